The van der Waals surface area contributed by atoms with Crippen molar-refractivity contribution in [1.82, 2.24) is 19.5 Å². The van der Waals surface area contributed by atoms with Crippen molar-refractivity contribution < 1.29 is 0 Å². The topological polar surface area (TPSA) is 80.6 Å². The van der Waals surface area contributed by atoms with Crippen molar-refractivity contribution in [3.8, 4) is 11.5 Å². The van der Waals surface area contributed by atoms with Gasteiger partial charge in [-0.1, -0.05) is 37.3 Å². The summed E-state index contributed by atoms with van der Waals surface area (Å²) in [6.07, 6.45) is 0.846. The van der Waals surface area contributed by atoms with Crippen LogP contribution in [-0.2, 0) is 6.54 Å². The lowest BCUT2D eigenvalue weighted by molar-refractivity contribution is 0.582. The molecule has 1 atom stereocenters. The molecule has 1 unspecified atom stereocenters. The number of hydrogen-bond donors (Lipinski definition) is 1. The number of hydrogen-bond acceptors (Lipinski definition) is 4. The fraction of sp³-hybridized carbons (Fsp3) is 0.273. The van der Waals surface area contributed by atoms with Gasteiger partial charge < -0.3 is 4.57 Å². The van der Waals surface area contributed by atoms with Gasteiger partial charge in [0.25, 0.3) is 5.56 Å². The molecule has 0 radical (unpaired) electrons. The number of aryl methyl sites for hydroxylation is 3. The summed E-state index contributed by atoms with van der Waals surface area (Å²) in [5, 5.41) is 0. The van der Waals surface area contributed by atoms with Crippen LogP contribution >= 0.6 is 0 Å². The van der Waals surface area contributed by atoms with Gasteiger partial charge in [0.15, 0.2) is 11.5 Å². The number of aromatic nitrogens is 4. The fourth-order valence-electron chi connectivity index (χ4n) is 3.55. The normalized spacial score (nSPS) is 12.5. The van der Waals surface area contributed by atoms with E-state index in [1.54, 1.807) is 0 Å². The second kappa shape index (κ2) is 7.03. The van der Waals surface area contributed by atoms with Crippen molar-refractivity contribution in [1.29, 1.82) is 0 Å². The molecule has 1 N–H and O–H groups in total. The minimum Gasteiger partial charge on any atom is -0.322 e. The third-order valence-corrected chi connectivity index (χ3v) is 5.38. The van der Waals surface area contributed by atoms with Crippen molar-refractivity contribution >= 4 is 11.0 Å². The largest absolute Gasteiger partial charge is 0.349 e. The van der Waals surface area contributed by atoms with Crippen LogP contribution in [0.25, 0.3) is 22.6 Å². The minimum atomic E-state index is -0.646. The molecular formula is C22H22N4O2. The molecule has 0 amide bonds. The summed E-state index contributed by atoms with van der Waals surface area (Å²) in [6.45, 7) is 6.87. The molecule has 0 fully saturated rings. The summed E-state index contributed by atoms with van der Waals surface area (Å²) in [7, 11) is 0. The Labute approximate surface area is 162 Å². The number of benzene rings is 2. The maximum Gasteiger partial charge on any atom is 0.349 e. The summed E-state index contributed by atoms with van der Waals surface area (Å²) in [4.78, 5) is 35.0. The molecule has 0 saturated carbocycles. The molecule has 0 aromatic heterocycles. The Hall–Kier alpha value is -3.28. The predicted molar refractivity (Wildman–Crippen MR) is 110 cm³/mol. The van der Waals surface area contributed by atoms with Gasteiger partial charge >= 0.3 is 5.69 Å². The van der Waals surface area contributed by atoms with Gasteiger partial charge in [0.05, 0.1) is 11.0 Å². The van der Waals surface area contributed by atoms with E-state index in [4.69, 9.17) is 0 Å². The third kappa shape index (κ3) is 3.22. The van der Waals surface area contributed by atoms with E-state index in [1.165, 1.54) is 5.56 Å². The van der Waals surface area contributed by atoms with Crippen LogP contribution in [0.5, 0.6) is 0 Å². The van der Waals surface area contributed by atoms with E-state index in [1.807, 2.05) is 42.7 Å². The molecule has 6 heteroatoms. The standard InChI is InChI=1S/C22H22N4O2/c1-13(16-7-5-4-6-8-16)9-10-26-18-12-15(3)14(2)11-17(18)23-19-20(26)24-22(28)25-21(19)27/h4-8,11-13H,9-10H2,1-3H3,(H,25,27,28). The zero-order valence-corrected chi connectivity index (χ0v) is 16.2. The van der Waals surface area contributed by atoms with Crippen LogP contribution in [0.4, 0.5) is 0 Å². The number of nitrogens with zero attached hydrogens (tertiary/aromatic N) is 3. The van der Waals surface area contributed by atoms with Crippen molar-refractivity contribution in [2.75, 3.05) is 0 Å². The highest BCUT2D eigenvalue weighted by atomic mass is 16.2. The zero-order chi connectivity index (χ0) is 19.8. The maximum absolute atomic E-state index is 12.3. The predicted octanol–water partition coefficient (Wildman–Crippen LogP) is 3.40. The van der Waals surface area contributed by atoms with Crippen molar-refractivity contribution in [2.24, 2.45) is 0 Å². The lowest BCUT2D eigenvalue weighted by Gasteiger charge is -2.19. The zero-order valence-electron chi connectivity index (χ0n) is 16.2. The third-order valence-electron chi connectivity index (χ3n) is 5.38. The smallest absolute Gasteiger partial charge is 0.322 e. The van der Waals surface area contributed by atoms with E-state index >= 15 is 0 Å². The molecule has 2 aromatic carbocycles. The highest BCUT2D eigenvalue weighted by molar-refractivity contribution is 5.81. The summed E-state index contributed by atoms with van der Waals surface area (Å²) < 4.78 is 1.96. The molecule has 2 heterocycles. The van der Waals surface area contributed by atoms with E-state index in [9.17, 15) is 9.59 Å². The molecule has 28 heavy (non-hydrogen) atoms. The van der Waals surface area contributed by atoms with E-state index in [0.717, 1.165) is 28.6 Å². The SMILES string of the molecule is Cc1cc2nc3c(=O)[nH]c(=O)nc-3n(CCC(C)c3ccccc3)c2cc1C. The summed E-state index contributed by atoms with van der Waals surface area (Å²) >= 11 is 0. The highest BCUT2D eigenvalue weighted by Crippen LogP contribution is 2.26. The number of rotatable bonds is 4. The minimum absolute atomic E-state index is 0.197. The number of aromatic amines is 1. The van der Waals surface area contributed by atoms with Gasteiger partial charge in [-0.3, -0.25) is 9.78 Å². The Bertz CT molecular complexity index is 1240. The molecule has 0 saturated heterocycles. The van der Waals surface area contributed by atoms with E-state index in [-0.39, 0.29) is 5.69 Å². The van der Waals surface area contributed by atoms with Gasteiger partial charge in [-0.15, -0.1) is 0 Å². The molecule has 0 spiro atoms. The lowest BCUT2D eigenvalue weighted by atomic mass is 9.98. The Morgan fingerprint density at radius 1 is 1.04 bits per heavy atom. The van der Waals surface area contributed by atoms with Gasteiger partial charge in [0.1, 0.15) is 0 Å². The maximum atomic E-state index is 12.3. The average molecular weight is 374 g/mol. The first-order valence-corrected chi connectivity index (χ1v) is 9.41. The number of H-pyrrole nitrogens is 1. The Morgan fingerprint density at radius 3 is 2.50 bits per heavy atom. The van der Waals surface area contributed by atoms with Crippen LogP contribution in [0.3, 0.4) is 0 Å². The Morgan fingerprint density at radius 2 is 1.75 bits per heavy atom. The first kappa shape index (κ1) is 18.1. The Balaban J connectivity index is 1.87. The molecule has 2 aliphatic rings. The summed E-state index contributed by atoms with van der Waals surface area (Å²) in [5.41, 5.74) is 4.16. The quantitative estimate of drug-likeness (QED) is 0.555. The molecule has 142 valence electrons. The van der Waals surface area contributed by atoms with Crippen LogP contribution in [-0.4, -0.2) is 19.5 Å². The lowest BCUT2D eigenvalue weighted by Crippen LogP contribution is -2.29. The van der Waals surface area contributed by atoms with Crippen molar-refractivity contribution in [3.63, 3.8) is 0 Å². The van der Waals surface area contributed by atoms with Crippen LogP contribution in [0.2, 0.25) is 0 Å². The first-order valence-electron chi connectivity index (χ1n) is 9.41. The summed E-state index contributed by atoms with van der Waals surface area (Å²) in [6, 6.07) is 14.3. The monoisotopic (exact) mass is 374 g/mol. The molecule has 0 bridgehead atoms. The van der Waals surface area contributed by atoms with E-state index in [2.05, 4.69) is 40.1 Å². The Kier molecular flexibility index (Phi) is 4.55. The summed E-state index contributed by atoms with van der Waals surface area (Å²) in [5.74, 6) is 0.664. The molecule has 2 aromatic rings. The molecule has 2 aliphatic heterocycles. The van der Waals surface area contributed by atoms with Crippen LogP contribution in [0.1, 0.15) is 36.0 Å². The molecular weight excluding hydrogens is 352 g/mol. The van der Waals surface area contributed by atoms with Crippen molar-refractivity contribution in [3.05, 3.63) is 80.0 Å². The molecule has 0 aliphatic carbocycles. The van der Waals surface area contributed by atoms with Gasteiger partial charge in [-0.25, -0.2) is 9.78 Å². The van der Waals surface area contributed by atoms with Gasteiger partial charge in [-0.2, -0.15) is 4.98 Å². The second-order valence-electron chi connectivity index (χ2n) is 7.33. The molecule has 4 rings (SSSR count). The first-order chi connectivity index (χ1) is 13.4. The number of nitrogens with one attached hydrogen (secondary N) is 1. The molecule has 6 nitrogen and oxygen atoms in total. The van der Waals surface area contributed by atoms with Crippen LogP contribution in [0, 0.1) is 13.8 Å². The van der Waals surface area contributed by atoms with Crippen molar-refractivity contribution in [2.45, 2.75) is 39.7 Å². The fourth-order valence-corrected chi connectivity index (χ4v) is 3.55. The van der Waals surface area contributed by atoms with Gasteiger partial charge in [0.2, 0.25) is 0 Å². The van der Waals surface area contributed by atoms with Crippen LogP contribution in [0.15, 0.2) is 52.1 Å². The van der Waals surface area contributed by atoms with Gasteiger partial charge in [-0.05, 0) is 55.0 Å². The van der Waals surface area contributed by atoms with E-state index < -0.39 is 11.2 Å². The average Bonchev–Trinajstić information content (AvgIpc) is 2.67. The second-order valence-corrected chi connectivity index (χ2v) is 7.33. The number of fused-ring (bicyclic) bond motifs is 2. The highest BCUT2D eigenvalue weighted by Gasteiger charge is 2.19. The van der Waals surface area contributed by atoms with Crippen LogP contribution < -0.4 is 11.2 Å². The van der Waals surface area contributed by atoms with E-state index in [0.29, 0.717) is 18.3 Å². The van der Waals surface area contributed by atoms with Gasteiger partial charge in [0, 0.05) is 6.54 Å².